The van der Waals surface area contributed by atoms with E-state index in [-0.39, 0.29) is 5.97 Å². The number of hydrogen-bond acceptors (Lipinski definition) is 3. The van der Waals surface area contributed by atoms with Crippen molar-refractivity contribution >= 4 is 11.9 Å². The molecule has 1 aliphatic carbocycles. The predicted octanol–water partition coefficient (Wildman–Crippen LogP) is 7.70. The number of ether oxygens (including phenoxy) is 1. The van der Waals surface area contributed by atoms with E-state index in [1.54, 1.807) is 0 Å². The van der Waals surface area contributed by atoms with Crippen LogP contribution in [-0.4, -0.2) is 23.7 Å². The number of allylic oxidation sites excluding steroid dienone is 2. The topological polar surface area (TPSA) is 63.6 Å². The quantitative estimate of drug-likeness (QED) is 0.128. The van der Waals surface area contributed by atoms with E-state index in [1.165, 1.54) is 83.5 Å². The van der Waals surface area contributed by atoms with Crippen molar-refractivity contribution in [3.8, 4) is 0 Å². The van der Waals surface area contributed by atoms with Crippen LogP contribution in [0.3, 0.4) is 0 Å². The van der Waals surface area contributed by atoms with Crippen molar-refractivity contribution in [2.24, 2.45) is 17.8 Å². The first kappa shape index (κ1) is 27.7. The second kappa shape index (κ2) is 18.3. The zero-order valence-electron chi connectivity index (χ0n) is 20.3. The van der Waals surface area contributed by atoms with Gasteiger partial charge in [0.05, 0.1) is 18.4 Å². The number of unbranched alkanes of at least 4 members (excludes halogenated alkanes) is 12. The smallest absolute Gasteiger partial charge is 0.310 e. The van der Waals surface area contributed by atoms with Gasteiger partial charge in [0.15, 0.2) is 0 Å². The molecule has 0 aromatic heterocycles. The first-order valence-electron chi connectivity index (χ1n) is 13.1. The number of esters is 1. The standard InChI is InChI=1S/C27H48O4/c1-3-23(2)19-15-13-11-9-7-5-4-6-8-10-12-14-18-22-31-27(30)25-21-17-16-20-24(25)26(28)29/h16-17,23-25H,3-15,18-22H2,1-2H3,(H,28,29). The fourth-order valence-electron chi connectivity index (χ4n) is 4.37. The highest BCUT2D eigenvalue weighted by Gasteiger charge is 2.34. The molecule has 3 unspecified atom stereocenters. The molecule has 0 aliphatic heterocycles. The van der Waals surface area contributed by atoms with Crippen LogP contribution in [0.15, 0.2) is 12.2 Å². The Kier molecular flexibility index (Phi) is 16.3. The molecule has 4 nitrogen and oxygen atoms in total. The van der Waals surface area contributed by atoms with Crippen molar-refractivity contribution in [1.29, 1.82) is 0 Å². The van der Waals surface area contributed by atoms with E-state index in [1.807, 2.05) is 12.2 Å². The van der Waals surface area contributed by atoms with E-state index >= 15 is 0 Å². The van der Waals surface area contributed by atoms with Crippen molar-refractivity contribution in [3.05, 3.63) is 12.2 Å². The SMILES string of the molecule is CCC(C)CCCCCCCCCCCCCCCOC(=O)C1CC=CCC1C(=O)O. The summed E-state index contributed by atoms with van der Waals surface area (Å²) < 4.78 is 5.35. The molecule has 0 spiro atoms. The van der Waals surface area contributed by atoms with Gasteiger partial charge in [-0.2, -0.15) is 0 Å². The number of hydrogen-bond donors (Lipinski definition) is 1. The minimum Gasteiger partial charge on any atom is -0.481 e. The maximum Gasteiger partial charge on any atom is 0.310 e. The number of aliphatic carboxylic acids is 1. The lowest BCUT2D eigenvalue weighted by molar-refractivity contribution is -0.158. The van der Waals surface area contributed by atoms with Gasteiger partial charge < -0.3 is 9.84 Å². The fourth-order valence-corrected chi connectivity index (χ4v) is 4.37. The number of carboxylic acids is 1. The molecular formula is C27H48O4. The lowest BCUT2D eigenvalue weighted by atomic mass is 9.83. The van der Waals surface area contributed by atoms with Crippen LogP contribution in [0.1, 0.15) is 123 Å². The van der Waals surface area contributed by atoms with E-state index < -0.39 is 17.8 Å². The largest absolute Gasteiger partial charge is 0.481 e. The van der Waals surface area contributed by atoms with Crippen LogP contribution in [0.25, 0.3) is 0 Å². The molecule has 0 bridgehead atoms. The van der Waals surface area contributed by atoms with Crippen LogP contribution >= 0.6 is 0 Å². The highest BCUT2D eigenvalue weighted by Crippen LogP contribution is 2.27. The molecular weight excluding hydrogens is 388 g/mol. The highest BCUT2D eigenvalue weighted by molar-refractivity contribution is 5.81. The minimum absolute atomic E-state index is 0.340. The third kappa shape index (κ3) is 13.6. The molecule has 1 N–H and O–H groups in total. The van der Waals surface area contributed by atoms with Crippen LogP contribution in [0, 0.1) is 17.8 Å². The third-order valence-electron chi connectivity index (χ3n) is 6.83. The Balaban J connectivity index is 1.85. The summed E-state index contributed by atoms with van der Waals surface area (Å²) in [5.41, 5.74) is 0. The molecule has 3 atom stereocenters. The van der Waals surface area contributed by atoms with Gasteiger partial charge in [-0.25, -0.2) is 0 Å². The van der Waals surface area contributed by atoms with Crippen LogP contribution in [0.5, 0.6) is 0 Å². The van der Waals surface area contributed by atoms with Crippen molar-refractivity contribution in [2.45, 2.75) is 123 Å². The Labute approximate surface area is 191 Å². The van der Waals surface area contributed by atoms with Crippen molar-refractivity contribution in [2.75, 3.05) is 6.61 Å². The molecule has 1 rings (SSSR count). The number of carbonyl (C=O) groups excluding carboxylic acids is 1. The Hall–Kier alpha value is -1.32. The van der Waals surface area contributed by atoms with Gasteiger partial charge in [0, 0.05) is 0 Å². The lowest BCUT2D eigenvalue weighted by Gasteiger charge is -2.23. The van der Waals surface area contributed by atoms with Gasteiger partial charge in [-0.15, -0.1) is 0 Å². The molecule has 180 valence electrons. The van der Waals surface area contributed by atoms with E-state index in [4.69, 9.17) is 4.74 Å². The average molecular weight is 437 g/mol. The molecule has 0 heterocycles. The van der Waals surface area contributed by atoms with Crippen LogP contribution < -0.4 is 0 Å². The van der Waals surface area contributed by atoms with Gasteiger partial charge in [-0.3, -0.25) is 9.59 Å². The normalized spacial score (nSPS) is 19.3. The predicted molar refractivity (Wildman–Crippen MR) is 128 cm³/mol. The van der Waals surface area contributed by atoms with Gasteiger partial charge in [-0.05, 0) is 25.2 Å². The molecule has 0 radical (unpaired) electrons. The maximum atomic E-state index is 12.2. The summed E-state index contributed by atoms with van der Waals surface area (Å²) in [6, 6.07) is 0. The van der Waals surface area contributed by atoms with Crippen LogP contribution in [0.4, 0.5) is 0 Å². The zero-order valence-corrected chi connectivity index (χ0v) is 20.3. The molecule has 0 fully saturated rings. The Bertz CT molecular complexity index is 499. The van der Waals surface area contributed by atoms with Gasteiger partial charge in [0.25, 0.3) is 0 Å². The summed E-state index contributed by atoms with van der Waals surface area (Å²) in [5, 5.41) is 9.24. The molecule has 0 saturated carbocycles. The first-order chi connectivity index (χ1) is 15.1. The number of carbonyl (C=O) groups is 2. The third-order valence-corrected chi connectivity index (χ3v) is 6.83. The summed E-state index contributed by atoms with van der Waals surface area (Å²) in [6.45, 7) is 5.07. The Morgan fingerprint density at radius 3 is 1.74 bits per heavy atom. The van der Waals surface area contributed by atoms with Gasteiger partial charge >= 0.3 is 11.9 Å². The summed E-state index contributed by atoms with van der Waals surface area (Å²) in [7, 11) is 0. The van der Waals surface area contributed by atoms with Crippen LogP contribution in [-0.2, 0) is 14.3 Å². The average Bonchev–Trinajstić information content (AvgIpc) is 2.78. The highest BCUT2D eigenvalue weighted by atomic mass is 16.5. The summed E-state index contributed by atoms with van der Waals surface area (Å²) in [6.07, 6.45) is 24.2. The molecule has 0 aromatic carbocycles. The molecule has 4 heteroatoms. The van der Waals surface area contributed by atoms with Crippen LogP contribution in [0.2, 0.25) is 0 Å². The summed E-state index contributed by atoms with van der Waals surface area (Å²) in [4.78, 5) is 23.4. The van der Waals surface area contributed by atoms with Crippen molar-refractivity contribution < 1.29 is 19.4 Å². The maximum absolute atomic E-state index is 12.2. The monoisotopic (exact) mass is 436 g/mol. The number of carboxylic acid groups (broad SMARTS) is 1. The van der Waals surface area contributed by atoms with Gasteiger partial charge in [0.1, 0.15) is 0 Å². The molecule has 0 saturated heterocycles. The Morgan fingerprint density at radius 2 is 1.26 bits per heavy atom. The fraction of sp³-hybridized carbons (Fsp3) is 0.852. The number of rotatable bonds is 19. The second-order valence-electron chi connectivity index (χ2n) is 9.56. The van der Waals surface area contributed by atoms with Gasteiger partial charge in [0.2, 0.25) is 0 Å². The van der Waals surface area contributed by atoms with Crippen molar-refractivity contribution in [1.82, 2.24) is 0 Å². The molecule has 1 aliphatic rings. The van der Waals surface area contributed by atoms with E-state index in [0.29, 0.717) is 19.4 Å². The van der Waals surface area contributed by atoms with E-state index in [0.717, 1.165) is 18.8 Å². The second-order valence-corrected chi connectivity index (χ2v) is 9.56. The molecule has 0 aromatic rings. The van der Waals surface area contributed by atoms with E-state index in [2.05, 4.69) is 13.8 Å². The van der Waals surface area contributed by atoms with E-state index in [9.17, 15) is 14.7 Å². The van der Waals surface area contributed by atoms with Gasteiger partial charge in [-0.1, -0.05) is 116 Å². The van der Waals surface area contributed by atoms with Crippen molar-refractivity contribution in [3.63, 3.8) is 0 Å². The first-order valence-corrected chi connectivity index (χ1v) is 13.1. The lowest BCUT2D eigenvalue weighted by Crippen LogP contribution is -2.32. The molecule has 31 heavy (non-hydrogen) atoms. The zero-order chi connectivity index (χ0) is 22.7. The summed E-state index contributed by atoms with van der Waals surface area (Å²) in [5.74, 6) is -1.49. The Morgan fingerprint density at radius 1 is 0.806 bits per heavy atom. The minimum atomic E-state index is -0.900. The molecule has 0 amide bonds. The summed E-state index contributed by atoms with van der Waals surface area (Å²) >= 11 is 0.